The van der Waals surface area contributed by atoms with Crippen LogP contribution in [0, 0.1) is 12.3 Å². The minimum atomic E-state index is -0.876. The highest BCUT2D eigenvalue weighted by molar-refractivity contribution is 7.11. The summed E-state index contributed by atoms with van der Waals surface area (Å²) in [5.41, 5.74) is -0.876. The molecule has 0 atom stereocenters. The topological polar surface area (TPSA) is 79.3 Å². The minimum absolute atomic E-state index is 0.0761. The molecule has 1 aliphatic carbocycles. The number of thiazole rings is 1. The van der Waals surface area contributed by atoms with Crippen LogP contribution in [-0.2, 0) is 16.1 Å². The summed E-state index contributed by atoms with van der Waals surface area (Å²) in [5.74, 6) is -1.02. The first-order valence-corrected chi connectivity index (χ1v) is 8.25. The van der Waals surface area contributed by atoms with Crippen LogP contribution in [0.15, 0.2) is 6.20 Å². The summed E-state index contributed by atoms with van der Waals surface area (Å²) in [6, 6.07) is 0. The van der Waals surface area contributed by atoms with Gasteiger partial charge in [0, 0.05) is 17.5 Å². The summed E-state index contributed by atoms with van der Waals surface area (Å²) >= 11 is 1.54. The highest BCUT2D eigenvalue weighted by Crippen LogP contribution is 2.38. The minimum Gasteiger partial charge on any atom is -0.481 e. The van der Waals surface area contributed by atoms with Gasteiger partial charge in [-0.3, -0.25) is 9.59 Å². The lowest BCUT2D eigenvalue weighted by atomic mass is 9.77. The average molecular weight is 310 g/mol. The molecule has 1 aliphatic rings. The van der Waals surface area contributed by atoms with Crippen molar-refractivity contribution in [2.45, 2.75) is 58.4 Å². The molecule has 1 aromatic rings. The Hall–Kier alpha value is -1.43. The molecule has 0 radical (unpaired) electrons. The molecule has 0 spiro atoms. The van der Waals surface area contributed by atoms with E-state index in [1.807, 2.05) is 6.92 Å². The second-order valence-corrected chi connectivity index (χ2v) is 7.14. The zero-order valence-electron chi connectivity index (χ0n) is 12.4. The lowest BCUT2D eigenvalue weighted by Crippen LogP contribution is -2.37. The van der Waals surface area contributed by atoms with Crippen LogP contribution in [0.3, 0.4) is 0 Å². The first kappa shape index (κ1) is 15.9. The van der Waals surface area contributed by atoms with E-state index in [4.69, 9.17) is 0 Å². The molecule has 1 heterocycles. The molecule has 0 saturated heterocycles. The predicted molar refractivity (Wildman–Crippen MR) is 81.1 cm³/mol. The standard InChI is InChI=1S/C15H22N2O3S/c1-11-9-17-13(21-11)10-16-12(18)8-15(14(19)20)6-4-2-3-5-7-15/h9H,2-8,10H2,1H3,(H,16,18)(H,19,20). The normalized spacial score (nSPS) is 18.0. The van der Waals surface area contributed by atoms with Crippen LogP contribution < -0.4 is 5.32 Å². The number of nitrogens with one attached hydrogen (secondary N) is 1. The largest absolute Gasteiger partial charge is 0.481 e. The van der Waals surface area contributed by atoms with Gasteiger partial charge in [0.15, 0.2) is 0 Å². The fourth-order valence-electron chi connectivity index (χ4n) is 2.90. The Morgan fingerprint density at radius 2 is 2.00 bits per heavy atom. The molecule has 116 valence electrons. The van der Waals surface area contributed by atoms with Gasteiger partial charge in [0.05, 0.1) is 12.0 Å². The van der Waals surface area contributed by atoms with Gasteiger partial charge in [-0.15, -0.1) is 11.3 Å². The van der Waals surface area contributed by atoms with Crippen molar-refractivity contribution in [3.8, 4) is 0 Å². The zero-order valence-corrected chi connectivity index (χ0v) is 13.2. The number of hydrogen-bond donors (Lipinski definition) is 2. The Morgan fingerprint density at radius 3 is 2.52 bits per heavy atom. The van der Waals surface area contributed by atoms with Gasteiger partial charge in [0.25, 0.3) is 0 Å². The number of aliphatic carboxylic acids is 1. The Labute approximate surface area is 128 Å². The van der Waals surface area contributed by atoms with Crippen molar-refractivity contribution in [1.82, 2.24) is 10.3 Å². The van der Waals surface area contributed by atoms with E-state index in [-0.39, 0.29) is 12.3 Å². The molecule has 6 heteroatoms. The monoisotopic (exact) mass is 310 g/mol. The van der Waals surface area contributed by atoms with Crippen LogP contribution in [0.4, 0.5) is 0 Å². The van der Waals surface area contributed by atoms with Crippen molar-refractivity contribution in [2.24, 2.45) is 5.41 Å². The Morgan fingerprint density at radius 1 is 1.33 bits per heavy atom. The summed E-state index contributed by atoms with van der Waals surface area (Å²) in [6.45, 7) is 2.35. The van der Waals surface area contributed by atoms with Gasteiger partial charge in [0.2, 0.25) is 5.91 Å². The van der Waals surface area contributed by atoms with Crippen molar-refractivity contribution in [1.29, 1.82) is 0 Å². The maximum atomic E-state index is 12.1. The number of hydrogen-bond acceptors (Lipinski definition) is 4. The van der Waals surface area contributed by atoms with E-state index in [1.54, 1.807) is 17.5 Å². The Kier molecular flexibility index (Phi) is 5.33. The van der Waals surface area contributed by atoms with Gasteiger partial charge in [-0.25, -0.2) is 4.98 Å². The molecule has 2 N–H and O–H groups in total. The second-order valence-electron chi connectivity index (χ2n) is 5.82. The van der Waals surface area contributed by atoms with Gasteiger partial charge in [-0.1, -0.05) is 25.7 Å². The molecular weight excluding hydrogens is 288 g/mol. The summed E-state index contributed by atoms with van der Waals surface area (Å²) in [6.07, 6.45) is 6.97. The number of carbonyl (C=O) groups excluding carboxylic acids is 1. The molecule has 2 rings (SSSR count). The number of nitrogens with zero attached hydrogens (tertiary/aromatic N) is 1. The number of amides is 1. The Balaban J connectivity index is 1.93. The molecule has 21 heavy (non-hydrogen) atoms. The van der Waals surface area contributed by atoms with E-state index in [1.165, 1.54) is 0 Å². The highest BCUT2D eigenvalue weighted by Gasteiger charge is 2.40. The molecule has 0 aliphatic heterocycles. The summed E-state index contributed by atoms with van der Waals surface area (Å²) < 4.78 is 0. The van der Waals surface area contributed by atoms with Crippen molar-refractivity contribution in [3.63, 3.8) is 0 Å². The first-order chi connectivity index (χ1) is 10.0. The Bertz CT molecular complexity index is 505. The van der Waals surface area contributed by atoms with Crippen molar-refractivity contribution >= 4 is 23.2 Å². The van der Waals surface area contributed by atoms with Crippen LogP contribution >= 0.6 is 11.3 Å². The van der Waals surface area contributed by atoms with Crippen LogP contribution in [0.1, 0.15) is 54.8 Å². The van der Waals surface area contributed by atoms with Gasteiger partial charge >= 0.3 is 5.97 Å². The number of aromatic nitrogens is 1. The number of carboxylic acids is 1. The smallest absolute Gasteiger partial charge is 0.310 e. The third-order valence-electron chi connectivity index (χ3n) is 4.12. The third-order valence-corrected chi connectivity index (χ3v) is 5.03. The van der Waals surface area contributed by atoms with Crippen LogP contribution in [0.2, 0.25) is 0 Å². The summed E-state index contributed by atoms with van der Waals surface area (Å²) in [7, 11) is 0. The molecule has 1 saturated carbocycles. The molecular formula is C15H22N2O3S. The van der Waals surface area contributed by atoms with E-state index in [9.17, 15) is 14.7 Å². The second kappa shape index (κ2) is 7.02. The maximum Gasteiger partial charge on any atom is 0.310 e. The average Bonchev–Trinajstić information content (AvgIpc) is 2.71. The van der Waals surface area contributed by atoms with E-state index < -0.39 is 11.4 Å². The number of carboxylic acid groups (broad SMARTS) is 1. The molecule has 0 unspecified atom stereocenters. The fourth-order valence-corrected chi connectivity index (χ4v) is 3.63. The first-order valence-electron chi connectivity index (χ1n) is 7.43. The fraction of sp³-hybridized carbons (Fsp3) is 0.667. The van der Waals surface area contributed by atoms with Crippen LogP contribution in [0.25, 0.3) is 0 Å². The molecule has 5 nitrogen and oxygen atoms in total. The maximum absolute atomic E-state index is 12.1. The van der Waals surface area contributed by atoms with E-state index in [0.717, 1.165) is 35.6 Å². The van der Waals surface area contributed by atoms with Crippen molar-refractivity contribution in [2.75, 3.05) is 0 Å². The summed E-state index contributed by atoms with van der Waals surface area (Å²) in [4.78, 5) is 29.1. The predicted octanol–water partition coefficient (Wildman–Crippen LogP) is 2.88. The number of carbonyl (C=O) groups is 2. The molecule has 1 amide bonds. The molecule has 1 fully saturated rings. The van der Waals surface area contributed by atoms with Gasteiger partial charge in [-0.2, -0.15) is 0 Å². The van der Waals surface area contributed by atoms with Gasteiger partial charge in [-0.05, 0) is 19.8 Å². The lowest BCUT2D eigenvalue weighted by molar-refractivity contribution is -0.152. The molecule has 0 bridgehead atoms. The van der Waals surface area contributed by atoms with Gasteiger partial charge in [0.1, 0.15) is 5.01 Å². The molecule has 0 aromatic carbocycles. The van der Waals surface area contributed by atoms with Crippen molar-refractivity contribution < 1.29 is 14.7 Å². The van der Waals surface area contributed by atoms with E-state index >= 15 is 0 Å². The number of aryl methyl sites for hydroxylation is 1. The lowest BCUT2D eigenvalue weighted by Gasteiger charge is -2.27. The van der Waals surface area contributed by atoms with Crippen LogP contribution in [0.5, 0.6) is 0 Å². The zero-order chi connectivity index (χ0) is 15.3. The van der Waals surface area contributed by atoms with E-state index in [0.29, 0.717) is 19.4 Å². The van der Waals surface area contributed by atoms with Crippen LogP contribution in [-0.4, -0.2) is 22.0 Å². The SMILES string of the molecule is Cc1cnc(CNC(=O)CC2(C(=O)O)CCCCCC2)s1. The molecule has 1 aromatic heterocycles. The quantitative estimate of drug-likeness (QED) is 0.820. The van der Waals surface area contributed by atoms with Gasteiger partial charge < -0.3 is 10.4 Å². The summed E-state index contributed by atoms with van der Waals surface area (Å²) in [5, 5.41) is 13.2. The van der Waals surface area contributed by atoms with Crippen molar-refractivity contribution in [3.05, 3.63) is 16.1 Å². The third kappa shape index (κ3) is 4.27. The van der Waals surface area contributed by atoms with E-state index in [2.05, 4.69) is 10.3 Å². The highest BCUT2D eigenvalue weighted by atomic mass is 32.1. The number of rotatable bonds is 5.